The zero-order chi connectivity index (χ0) is 29.1. The molecule has 15 heteroatoms. The van der Waals surface area contributed by atoms with E-state index in [9.17, 15) is 36.2 Å². The van der Waals surface area contributed by atoms with Crippen molar-refractivity contribution in [3.05, 3.63) is 36.0 Å². The van der Waals surface area contributed by atoms with Gasteiger partial charge in [0.25, 0.3) is 0 Å². The van der Waals surface area contributed by atoms with Gasteiger partial charge in [0, 0.05) is 18.1 Å². The second-order valence-corrected chi connectivity index (χ2v) is 8.05. The van der Waals surface area contributed by atoms with Gasteiger partial charge < -0.3 is 25.4 Å². The summed E-state index contributed by atoms with van der Waals surface area (Å²) in [5.41, 5.74) is 2.22. The van der Waals surface area contributed by atoms with Crippen molar-refractivity contribution in [2.45, 2.75) is 38.0 Å². The van der Waals surface area contributed by atoms with Crippen LogP contribution in [0.3, 0.4) is 0 Å². The number of nitrogens with zero attached hydrogens (tertiary/aromatic N) is 1. The molecule has 2 atom stereocenters. The number of aliphatic carboxylic acids is 3. The van der Waals surface area contributed by atoms with Gasteiger partial charge in [-0.05, 0) is 68.0 Å². The van der Waals surface area contributed by atoms with E-state index in [4.69, 9.17) is 24.5 Å². The predicted molar refractivity (Wildman–Crippen MR) is 121 cm³/mol. The summed E-state index contributed by atoms with van der Waals surface area (Å²) in [5, 5.41) is 27.9. The number of rotatable bonds is 6. The number of carbonyl (C=O) groups is 3. The molecule has 1 aliphatic heterocycles. The van der Waals surface area contributed by atoms with Crippen molar-refractivity contribution in [2.24, 2.45) is 11.8 Å². The molecular weight excluding hydrogens is 530 g/mol. The highest BCUT2D eigenvalue weighted by Crippen LogP contribution is 2.27. The van der Waals surface area contributed by atoms with Crippen LogP contribution in [0.25, 0.3) is 10.9 Å². The van der Waals surface area contributed by atoms with Gasteiger partial charge >= 0.3 is 30.3 Å². The molecule has 0 bridgehead atoms. The van der Waals surface area contributed by atoms with Crippen molar-refractivity contribution >= 4 is 28.8 Å². The predicted octanol–water partition coefficient (Wildman–Crippen LogP) is 4.14. The van der Waals surface area contributed by atoms with Crippen LogP contribution in [0.2, 0.25) is 0 Å². The van der Waals surface area contributed by atoms with Crippen LogP contribution in [-0.2, 0) is 20.8 Å². The van der Waals surface area contributed by atoms with Gasteiger partial charge in [-0.2, -0.15) is 26.3 Å². The van der Waals surface area contributed by atoms with E-state index in [-0.39, 0.29) is 11.8 Å². The molecule has 212 valence electrons. The molecule has 1 fully saturated rings. The zero-order valence-corrected chi connectivity index (χ0v) is 20.0. The molecule has 4 N–H and O–H groups in total. The van der Waals surface area contributed by atoms with Gasteiger partial charge in [0.05, 0.1) is 18.5 Å². The second kappa shape index (κ2) is 14.4. The highest BCUT2D eigenvalue weighted by atomic mass is 19.4. The maximum absolute atomic E-state index is 11.4. The molecule has 0 spiro atoms. The van der Waals surface area contributed by atoms with Gasteiger partial charge in [0.2, 0.25) is 0 Å². The minimum atomic E-state index is -5.08. The zero-order valence-electron chi connectivity index (χ0n) is 20.0. The molecule has 0 aliphatic carbocycles. The second-order valence-electron chi connectivity index (χ2n) is 8.05. The average Bonchev–Trinajstić information content (AvgIpc) is 2.83. The van der Waals surface area contributed by atoms with Crippen LogP contribution >= 0.6 is 0 Å². The number of hydrogen-bond acceptors (Lipinski definition) is 6. The monoisotopic (exact) mass is 556 g/mol. The van der Waals surface area contributed by atoms with Crippen molar-refractivity contribution in [1.82, 2.24) is 10.3 Å². The Balaban J connectivity index is 0.000000426. The highest BCUT2D eigenvalue weighted by molar-refractivity contribution is 5.83. The fourth-order valence-electron chi connectivity index (χ4n) is 3.63. The highest BCUT2D eigenvalue weighted by Gasteiger charge is 2.38. The number of carboxylic acids is 3. The van der Waals surface area contributed by atoms with Crippen molar-refractivity contribution in [1.29, 1.82) is 0 Å². The number of carboxylic acid groups (broad SMARTS) is 3. The Bertz CT molecular complexity index is 1070. The van der Waals surface area contributed by atoms with Crippen molar-refractivity contribution < 1.29 is 60.8 Å². The SMILES string of the molecule is COc1ccc2nccc(CCC[C@@H]3CCNC[C@@H]3C(=O)O)c2c1.O=C(O)C(F)(F)F.O=C(O)C(F)(F)F. The number of hydrogen-bond donors (Lipinski definition) is 4. The molecule has 2 aromatic rings. The molecule has 1 aromatic carbocycles. The summed E-state index contributed by atoms with van der Waals surface area (Å²) < 4.78 is 68.8. The Labute approximate surface area is 212 Å². The van der Waals surface area contributed by atoms with E-state index >= 15 is 0 Å². The molecule has 0 radical (unpaired) electrons. The molecule has 1 aliphatic rings. The summed E-state index contributed by atoms with van der Waals surface area (Å²) in [6.07, 6.45) is -4.50. The van der Waals surface area contributed by atoms with Crippen LogP contribution in [-0.4, -0.2) is 70.8 Å². The molecule has 3 rings (SSSR count). The first kappa shape index (κ1) is 32.4. The first-order chi connectivity index (χ1) is 17.6. The largest absolute Gasteiger partial charge is 0.497 e. The molecular formula is C23H26F6N2O7. The summed E-state index contributed by atoms with van der Waals surface area (Å²) >= 11 is 0. The van der Waals surface area contributed by atoms with Crippen molar-refractivity contribution in [3.8, 4) is 5.75 Å². The Hall–Kier alpha value is -3.62. The van der Waals surface area contributed by atoms with E-state index < -0.39 is 30.3 Å². The number of alkyl halides is 6. The maximum atomic E-state index is 11.4. The first-order valence-corrected chi connectivity index (χ1v) is 11.0. The van der Waals surface area contributed by atoms with Crippen LogP contribution in [0.4, 0.5) is 26.3 Å². The average molecular weight is 556 g/mol. The van der Waals surface area contributed by atoms with Gasteiger partial charge in [0.1, 0.15) is 5.75 Å². The van der Waals surface area contributed by atoms with Crippen LogP contribution in [0.5, 0.6) is 5.75 Å². The van der Waals surface area contributed by atoms with Crippen LogP contribution in [0, 0.1) is 11.8 Å². The van der Waals surface area contributed by atoms with E-state index in [2.05, 4.69) is 16.4 Å². The van der Waals surface area contributed by atoms with Crippen molar-refractivity contribution in [2.75, 3.05) is 20.2 Å². The lowest BCUT2D eigenvalue weighted by Gasteiger charge is -2.29. The molecule has 0 amide bonds. The van der Waals surface area contributed by atoms with E-state index in [0.29, 0.717) is 6.54 Å². The third-order valence-electron chi connectivity index (χ3n) is 5.49. The lowest BCUT2D eigenvalue weighted by molar-refractivity contribution is -0.193. The summed E-state index contributed by atoms with van der Waals surface area (Å²) in [6, 6.07) is 7.98. The van der Waals surface area contributed by atoms with E-state index in [1.807, 2.05) is 24.4 Å². The summed E-state index contributed by atoms with van der Waals surface area (Å²) in [6.45, 7) is 1.51. The quantitative estimate of drug-likeness (QED) is 0.386. The number of pyridine rings is 1. The number of nitrogens with one attached hydrogen (secondary N) is 1. The minimum Gasteiger partial charge on any atom is -0.497 e. The molecule has 9 nitrogen and oxygen atoms in total. The van der Waals surface area contributed by atoms with Crippen LogP contribution in [0.15, 0.2) is 30.5 Å². The fourth-order valence-corrected chi connectivity index (χ4v) is 3.63. The molecule has 2 heterocycles. The number of ether oxygens (including phenoxy) is 1. The number of halogens is 6. The molecule has 0 saturated carbocycles. The van der Waals surface area contributed by atoms with E-state index in [1.54, 1.807) is 7.11 Å². The number of piperidine rings is 1. The van der Waals surface area contributed by atoms with Gasteiger partial charge in [0.15, 0.2) is 0 Å². The lowest BCUT2D eigenvalue weighted by atomic mass is 9.82. The Morgan fingerprint density at radius 2 is 1.61 bits per heavy atom. The van der Waals surface area contributed by atoms with Gasteiger partial charge in [-0.1, -0.05) is 0 Å². The normalized spacial score (nSPS) is 17.3. The molecule has 38 heavy (non-hydrogen) atoms. The first-order valence-electron chi connectivity index (χ1n) is 11.0. The van der Waals surface area contributed by atoms with Crippen LogP contribution in [0.1, 0.15) is 24.8 Å². The standard InChI is InChI=1S/C19H24N2O3.2C2HF3O2/c1-24-15-5-6-18-16(11-15)13(8-10-21-18)3-2-4-14-7-9-20-12-17(14)19(22)23;2*3-2(4,5)1(6)7/h5-6,8,10-11,14,17,20H,2-4,7,9,12H2,1H3,(H,22,23);2*(H,6,7)/t14-,17+;;/m1../s1. The summed E-state index contributed by atoms with van der Waals surface area (Å²) in [5.74, 6) is -5.34. The molecule has 1 saturated heterocycles. The Kier molecular flexibility index (Phi) is 12.2. The minimum absolute atomic E-state index is 0.256. The topological polar surface area (TPSA) is 146 Å². The summed E-state index contributed by atoms with van der Waals surface area (Å²) in [7, 11) is 1.67. The lowest BCUT2D eigenvalue weighted by Crippen LogP contribution is -2.40. The fraction of sp³-hybridized carbons (Fsp3) is 0.478. The molecule has 0 unspecified atom stereocenters. The Morgan fingerprint density at radius 3 is 2.11 bits per heavy atom. The maximum Gasteiger partial charge on any atom is 0.490 e. The number of methoxy groups -OCH3 is 1. The van der Waals surface area contributed by atoms with E-state index in [0.717, 1.165) is 48.9 Å². The summed E-state index contributed by atoms with van der Waals surface area (Å²) in [4.78, 5) is 33.6. The van der Waals surface area contributed by atoms with Gasteiger partial charge in [-0.3, -0.25) is 9.78 Å². The smallest absolute Gasteiger partial charge is 0.490 e. The van der Waals surface area contributed by atoms with Crippen molar-refractivity contribution in [3.63, 3.8) is 0 Å². The third-order valence-corrected chi connectivity index (χ3v) is 5.49. The van der Waals surface area contributed by atoms with E-state index in [1.165, 1.54) is 5.56 Å². The number of benzene rings is 1. The number of fused-ring (bicyclic) bond motifs is 1. The molecule has 1 aromatic heterocycles. The third kappa shape index (κ3) is 10.8. The van der Waals surface area contributed by atoms with Gasteiger partial charge in [-0.25, -0.2) is 9.59 Å². The number of aryl methyl sites for hydroxylation is 1. The van der Waals surface area contributed by atoms with Gasteiger partial charge in [-0.15, -0.1) is 0 Å². The van der Waals surface area contributed by atoms with Crippen LogP contribution < -0.4 is 10.1 Å². The number of aromatic nitrogens is 1. The Morgan fingerprint density at radius 1 is 1.03 bits per heavy atom.